The van der Waals surface area contributed by atoms with E-state index in [4.69, 9.17) is 39.9 Å². The van der Waals surface area contributed by atoms with Gasteiger partial charge >= 0.3 is 5.97 Å². The number of hydrogen-bond acceptors (Lipinski definition) is 2. The molecule has 1 aromatic heterocycles. The molecule has 0 amide bonds. The number of aromatic carboxylic acids is 1. The minimum Gasteiger partial charge on any atom is -0.477 e. The number of carboxylic acid groups (broad SMARTS) is 1. The first kappa shape index (κ1) is 19.0. The highest BCUT2D eigenvalue weighted by atomic mass is 35.5. The summed E-state index contributed by atoms with van der Waals surface area (Å²) in [6.07, 6.45) is 0. The number of aromatic nitrogens is 1. The zero-order chi connectivity index (χ0) is 17.9. The Bertz CT molecular complexity index is 893. The van der Waals surface area contributed by atoms with Crippen molar-refractivity contribution in [3.8, 4) is 0 Å². The van der Waals surface area contributed by atoms with E-state index in [1.165, 1.54) is 11.8 Å². The molecule has 0 saturated heterocycles. The third-order valence-electron chi connectivity index (χ3n) is 3.01. The van der Waals surface area contributed by atoms with E-state index in [1.807, 2.05) is 19.9 Å². The number of benzene rings is 2. The highest BCUT2D eigenvalue weighted by molar-refractivity contribution is 7.99. The van der Waals surface area contributed by atoms with Crippen LogP contribution in [0.4, 0.5) is 0 Å². The molecule has 0 atom stereocenters. The molecule has 0 fully saturated rings. The Kier molecular flexibility index (Phi) is 6.47. The van der Waals surface area contributed by atoms with Crippen LogP contribution < -0.4 is 0 Å². The average Bonchev–Trinajstić information content (AvgIpc) is 2.96. The molecule has 0 unspecified atom stereocenters. The van der Waals surface area contributed by atoms with Gasteiger partial charge < -0.3 is 10.1 Å². The first-order valence-corrected chi connectivity index (χ1v) is 9.07. The zero-order valence-corrected chi connectivity index (χ0v) is 15.9. The van der Waals surface area contributed by atoms with Crippen molar-refractivity contribution in [2.24, 2.45) is 0 Å². The number of fused-ring (bicyclic) bond motifs is 1. The lowest BCUT2D eigenvalue weighted by atomic mass is 10.2. The van der Waals surface area contributed by atoms with Gasteiger partial charge in [-0.25, -0.2) is 4.79 Å². The Morgan fingerprint density at radius 1 is 1.00 bits per heavy atom. The molecule has 126 valence electrons. The first-order chi connectivity index (χ1) is 11.4. The number of nitrogens with one attached hydrogen (secondary N) is 1. The Labute approximate surface area is 158 Å². The third kappa shape index (κ3) is 4.19. The van der Waals surface area contributed by atoms with Gasteiger partial charge in [0.1, 0.15) is 5.69 Å². The molecule has 3 aromatic rings. The van der Waals surface area contributed by atoms with Crippen molar-refractivity contribution in [1.82, 2.24) is 4.98 Å². The lowest BCUT2D eigenvalue weighted by Crippen LogP contribution is -1.94. The van der Waals surface area contributed by atoms with Crippen molar-refractivity contribution in [3.05, 3.63) is 57.2 Å². The van der Waals surface area contributed by atoms with Gasteiger partial charge in [-0.15, -0.1) is 0 Å². The summed E-state index contributed by atoms with van der Waals surface area (Å²) >= 11 is 19.6. The molecule has 0 aliphatic rings. The van der Waals surface area contributed by atoms with Gasteiger partial charge in [-0.1, -0.05) is 60.4 Å². The van der Waals surface area contributed by atoms with E-state index in [1.54, 1.807) is 30.3 Å². The van der Waals surface area contributed by atoms with E-state index in [9.17, 15) is 4.79 Å². The molecule has 0 spiro atoms. The molecule has 0 radical (unpaired) electrons. The van der Waals surface area contributed by atoms with E-state index in [0.717, 1.165) is 15.2 Å². The van der Waals surface area contributed by atoms with Gasteiger partial charge in [0.2, 0.25) is 0 Å². The zero-order valence-electron chi connectivity index (χ0n) is 12.9. The molecule has 0 aliphatic carbocycles. The summed E-state index contributed by atoms with van der Waals surface area (Å²) in [6, 6.07) is 10.3. The Hall–Kier alpha value is -1.33. The van der Waals surface area contributed by atoms with Crippen molar-refractivity contribution in [3.63, 3.8) is 0 Å². The molecule has 7 heteroatoms. The van der Waals surface area contributed by atoms with Crippen molar-refractivity contribution in [1.29, 1.82) is 0 Å². The van der Waals surface area contributed by atoms with Crippen LogP contribution in [0.5, 0.6) is 0 Å². The van der Waals surface area contributed by atoms with Crippen LogP contribution in [0, 0.1) is 0 Å². The number of carboxylic acids is 1. The van der Waals surface area contributed by atoms with Crippen LogP contribution in [0.3, 0.4) is 0 Å². The first-order valence-electron chi connectivity index (χ1n) is 7.12. The quantitative estimate of drug-likeness (QED) is 0.495. The summed E-state index contributed by atoms with van der Waals surface area (Å²) in [5, 5.41) is 11.5. The standard InChI is InChI=1S/C15H8Cl3NO2S.C2H6/c16-7-1-2-13(10(18)3-7)22-14-5-8(17)4-11-9(14)6-12(19-11)15(20)21;1-2/h1-6,19H,(H,20,21);1-2H3. The molecular formula is C17H14Cl3NO2S. The van der Waals surface area contributed by atoms with E-state index < -0.39 is 5.97 Å². The Morgan fingerprint density at radius 2 is 1.71 bits per heavy atom. The van der Waals surface area contributed by atoms with Gasteiger partial charge in [0.05, 0.1) is 5.02 Å². The molecule has 1 heterocycles. The van der Waals surface area contributed by atoms with Gasteiger partial charge in [0.15, 0.2) is 0 Å². The monoisotopic (exact) mass is 401 g/mol. The Balaban J connectivity index is 0.00000100. The minimum atomic E-state index is -1.02. The smallest absolute Gasteiger partial charge is 0.352 e. The summed E-state index contributed by atoms with van der Waals surface area (Å²) in [4.78, 5) is 15.6. The predicted octanol–water partition coefficient (Wildman–Crippen LogP) is 7.00. The van der Waals surface area contributed by atoms with E-state index in [0.29, 0.717) is 20.6 Å². The summed E-state index contributed by atoms with van der Waals surface area (Å²) in [7, 11) is 0. The predicted molar refractivity (Wildman–Crippen MR) is 102 cm³/mol. The van der Waals surface area contributed by atoms with E-state index in [-0.39, 0.29) is 5.69 Å². The normalized spacial score (nSPS) is 10.4. The van der Waals surface area contributed by atoms with Crippen LogP contribution in [0.2, 0.25) is 15.1 Å². The number of hydrogen-bond donors (Lipinski definition) is 2. The highest BCUT2D eigenvalue weighted by Gasteiger charge is 2.13. The topological polar surface area (TPSA) is 53.1 Å². The minimum absolute atomic E-state index is 0.112. The fraction of sp³-hybridized carbons (Fsp3) is 0.118. The van der Waals surface area contributed by atoms with Crippen LogP contribution in [-0.4, -0.2) is 16.1 Å². The summed E-state index contributed by atoms with van der Waals surface area (Å²) in [5.41, 5.74) is 0.777. The maximum absolute atomic E-state index is 11.1. The highest BCUT2D eigenvalue weighted by Crippen LogP contribution is 2.39. The van der Waals surface area contributed by atoms with Gasteiger partial charge in [0, 0.05) is 30.7 Å². The van der Waals surface area contributed by atoms with Crippen molar-refractivity contribution in [2.75, 3.05) is 0 Å². The summed E-state index contributed by atoms with van der Waals surface area (Å²) in [5.74, 6) is -1.02. The van der Waals surface area contributed by atoms with Gasteiger partial charge in [-0.3, -0.25) is 0 Å². The summed E-state index contributed by atoms with van der Waals surface area (Å²) < 4.78 is 0. The number of halogens is 3. The van der Waals surface area contributed by atoms with Crippen LogP contribution in [0.1, 0.15) is 24.3 Å². The van der Waals surface area contributed by atoms with Crippen LogP contribution >= 0.6 is 46.6 Å². The maximum atomic E-state index is 11.1. The Morgan fingerprint density at radius 3 is 2.33 bits per heavy atom. The largest absolute Gasteiger partial charge is 0.477 e. The molecule has 0 saturated carbocycles. The fourth-order valence-corrected chi connectivity index (χ4v) is 3.85. The number of aromatic amines is 1. The number of carbonyl (C=O) groups is 1. The van der Waals surface area contributed by atoms with Gasteiger partial charge in [-0.05, 0) is 36.4 Å². The molecular weight excluding hydrogens is 389 g/mol. The molecule has 3 nitrogen and oxygen atoms in total. The van der Waals surface area contributed by atoms with Gasteiger partial charge in [-0.2, -0.15) is 0 Å². The molecule has 3 rings (SSSR count). The molecule has 24 heavy (non-hydrogen) atoms. The summed E-state index contributed by atoms with van der Waals surface area (Å²) in [6.45, 7) is 4.00. The lowest BCUT2D eigenvalue weighted by Gasteiger charge is -2.06. The van der Waals surface area contributed by atoms with Crippen molar-refractivity contribution >= 4 is 63.4 Å². The van der Waals surface area contributed by atoms with E-state index >= 15 is 0 Å². The van der Waals surface area contributed by atoms with Crippen molar-refractivity contribution in [2.45, 2.75) is 23.6 Å². The third-order valence-corrected chi connectivity index (χ3v) is 5.02. The van der Waals surface area contributed by atoms with Gasteiger partial charge in [0.25, 0.3) is 0 Å². The molecule has 0 bridgehead atoms. The lowest BCUT2D eigenvalue weighted by molar-refractivity contribution is 0.0691. The maximum Gasteiger partial charge on any atom is 0.352 e. The molecule has 2 aromatic carbocycles. The van der Waals surface area contributed by atoms with Crippen LogP contribution in [-0.2, 0) is 0 Å². The fourth-order valence-electron chi connectivity index (χ4n) is 2.05. The van der Waals surface area contributed by atoms with Crippen molar-refractivity contribution < 1.29 is 9.90 Å². The number of H-pyrrole nitrogens is 1. The second-order valence-corrected chi connectivity index (χ2v) is 6.89. The average molecular weight is 403 g/mol. The molecule has 2 N–H and O–H groups in total. The molecule has 0 aliphatic heterocycles. The second-order valence-electron chi connectivity index (χ2n) is 4.53. The number of rotatable bonds is 3. The van der Waals surface area contributed by atoms with E-state index in [2.05, 4.69) is 4.98 Å². The van der Waals surface area contributed by atoms with Crippen LogP contribution in [0.15, 0.2) is 46.2 Å². The second kappa shape index (κ2) is 8.17. The SMILES string of the molecule is CC.O=C(O)c1cc2c(Sc3ccc(Cl)cc3Cl)cc(Cl)cc2[nH]1. The van der Waals surface area contributed by atoms with Crippen LogP contribution in [0.25, 0.3) is 10.9 Å².